The van der Waals surface area contributed by atoms with Crippen LogP contribution in [0, 0.1) is 0 Å². The molecule has 0 radical (unpaired) electrons. The molecule has 0 aromatic rings. The van der Waals surface area contributed by atoms with E-state index in [-0.39, 0.29) is 31.0 Å². The van der Waals surface area contributed by atoms with Crippen molar-refractivity contribution in [2.75, 3.05) is 26.3 Å². The molecule has 0 aliphatic carbocycles. The Morgan fingerprint density at radius 2 is 2.00 bits per heavy atom. The highest BCUT2D eigenvalue weighted by molar-refractivity contribution is 5.77. The lowest BCUT2D eigenvalue weighted by Crippen LogP contribution is -2.57. The summed E-state index contributed by atoms with van der Waals surface area (Å²) in [7, 11) is 0. The number of halogens is 2. The van der Waals surface area contributed by atoms with Gasteiger partial charge in [-0.1, -0.05) is 0 Å². The number of piperazine rings is 1. The topological polar surface area (TPSA) is 41.6 Å². The van der Waals surface area contributed by atoms with Crippen molar-refractivity contribution in [3.05, 3.63) is 0 Å². The maximum absolute atomic E-state index is 11.9. The summed E-state index contributed by atoms with van der Waals surface area (Å²) < 4.78 is 28.3. The summed E-state index contributed by atoms with van der Waals surface area (Å²) in [6.07, 6.45) is -2.30. The minimum absolute atomic E-state index is 0.0271. The van der Waals surface area contributed by atoms with Crippen LogP contribution in [-0.2, 0) is 9.53 Å². The van der Waals surface area contributed by atoms with Crippen molar-refractivity contribution in [3.63, 3.8) is 0 Å². The third-order valence-electron chi connectivity index (χ3n) is 2.82. The third-order valence-corrected chi connectivity index (χ3v) is 2.82. The molecule has 17 heavy (non-hydrogen) atoms. The van der Waals surface area contributed by atoms with Crippen LogP contribution < -0.4 is 5.32 Å². The Morgan fingerprint density at radius 1 is 1.41 bits per heavy atom. The van der Waals surface area contributed by atoms with E-state index >= 15 is 0 Å². The van der Waals surface area contributed by atoms with E-state index in [4.69, 9.17) is 4.74 Å². The SMILES string of the molecule is CC1CNCC(C)N1C(=O)CCOCC(F)F. The van der Waals surface area contributed by atoms with Gasteiger partial charge in [0, 0.05) is 25.2 Å². The lowest BCUT2D eigenvalue weighted by molar-refractivity contribution is -0.138. The predicted molar refractivity (Wildman–Crippen MR) is 60.1 cm³/mol. The molecular formula is C11H20F2N2O2. The first-order chi connectivity index (χ1) is 8.02. The quantitative estimate of drug-likeness (QED) is 0.736. The molecule has 0 spiro atoms. The van der Waals surface area contributed by atoms with Gasteiger partial charge in [0.25, 0.3) is 6.43 Å². The van der Waals surface area contributed by atoms with Crippen molar-refractivity contribution in [1.82, 2.24) is 10.2 Å². The van der Waals surface area contributed by atoms with Crippen LogP contribution in [0.4, 0.5) is 8.78 Å². The van der Waals surface area contributed by atoms with Gasteiger partial charge >= 0.3 is 0 Å². The molecule has 1 fully saturated rings. The lowest BCUT2D eigenvalue weighted by Gasteiger charge is -2.39. The second-order valence-corrected chi connectivity index (χ2v) is 4.37. The molecule has 1 heterocycles. The second-order valence-electron chi connectivity index (χ2n) is 4.37. The fourth-order valence-electron chi connectivity index (χ4n) is 2.08. The van der Waals surface area contributed by atoms with Gasteiger partial charge in [0.2, 0.25) is 5.91 Å². The van der Waals surface area contributed by atoms with Gasteiger partial charge in [-0.15, -0.1) is 0 Å². The van der Waals surface area contributed by atoms with Crippen LogP contribution in [0.2, 0.25) is 0 Å². The largest absolute Gasteiger partial charge is 0.375 e. The molecule has 2 atom stereocenters. The van der Waals surface area contributed by atoms with Crippen LogP contribution in [0.3, 0.4) is 0 Å². The van der Waals surface area contributed by atoms with Gasteiger partial charge in [0.15, 0.2) is 0 Å². The van der Waals surface area contributed by atoms with E-state index in [1.165, 1.54) is 0 Å². The number of amides is 1. The molecule has 2 unspecified atom stereocenters. The Morgan fingerprint density at radius 3 is 2.53 bits per heavy atom. The second kappa shape index (κ2) is 6.86. The lowest BCUT2D eigenvalue weighted by atomic mass is 10.1. The van der Waals surface area contributed by atoms with Gasteiger partial charge in [0.1, 0.15) is 6.61 Å². The molecule has 1 aliphatic rings. The van der Waals surface area contributed by atoms with Crippen molar-refractivity contribution in [2.45, 2.75) is 38.8 Å². The van der Waals surface area contributed by atoms with Gasteiger partial charge in [0.05, 0.1) is 13.0 Å². The summed E-state index contributed by atoms with van der Waals surface area (Å²) in [5.74, 6) is -0.0271. The molecule has 4 nitrogen and oxygen atoms in total. The van der Waals surface area contributed by atoms with Crippen molar-refractivity contribution < 1.29 is 18.3 Å². The van der Waals surface area contributed by atoms with Gasteiger partial charge in [-0.25, -0.2) is 8.78 Å². The van der Waals surface area contributed by atoms with Crippen molar-refractivity contribution >= 4 is 5.91 Å². The Balaban J connectivity index is 2.30. The summed E-state index contributed by atoms with van der Waals surface area (Å²) in [4.78, 5) is 13.7. The Labute approximate surface area is 100 Å². The monoisotopic (exact) mass is 250 g/mol. The highest BCUT2D eigenvalue weighted by Crippen LogP contribution is 2.11. The molecule has 100 valence electrons. The van der Waals surface area contributed by atoms with Crippen LogP contribution in [-0.4, -0.2) is 55.6 Å². The van der Waals surface area contributed by atoms with E-state index in [0.29, 0.717) is 0 Å². The first-order valence-corrected chi connectivity index (χ1v) is 5.90. The summed E-state index contributed by atoms with van der Waals surface area (Å²) in [6.45, 7) is 4.95. The summed E-state index contributed by atoms with van der Waals surface area (Å²) >= 11 is 0. The number of hydrogen-bond donors (Lipinski definition) is 1. The summed E-state index contributed by atoms with van der Waals surface area (Å²) in [5, 5.41) is 3.23. The number of rotatable bonds is 5. The summed E-state index contributed by atoms with van der Waals surface area (Å²) in [6, 6.07) is 0.280. The van der Waals surface area contributed by atoms with Gasteiger partial charge < -0.3 is 15.0 Å². The van der Waals surface area contributed by atoms with Gasteiger partial charge in [-0.2, -0.15) is 0 Å². The van der Waals surface area contributed by atoms with Crippen molar-refractivity contribution in [1.29, 1.82) is 0 Å². The van der Waals surface area contributed by atoms with Crippen LogP contribution in [0.25, 0.3) is 0 Å². The number of hydrogen-bond acceptors (Lipinski definition) is 3. The highest BCUT2D eigenvalue weighted by Gasteiger charge is 2.28. The van der Waals surface area contributed by atoms with Gasteiger partial charge in [-0.3, -0.25) is 4.79 Å². The number of alkyl halides is 2. The molecule has 1 amide bonds. The minimum Gasteiger partial charge on any atom is -0.375 e. The maximum atomic E-state index is 11.9. The molecule has 1 aliphatic heterocycles. The first-order valence-electron chi connectivity index (χ1n) is 5.90. The number of nitrogens with zero attached hydrogens (tertiary/aromatic N) is 1. The number of nitrogens with one attached hydrogen (secondary N) is 1. The molecule has 1 saturated heterocycles. The summed E-state index contributed by atoms with van der Waals surface area (Å²) in [5.41, 5.74) is 0. The molecule has 0 saturated carbocycles. The number of ether oxygens (including phenoxy) is 1. The zero-order valence-corrected chi connectivity index (χ0v) is 10.3. The van der Waals surface area contributed by atoms with Crippen molar-refractivity contribution in [3.8, 4) is 0 Å². The van der Waals surface area contributed by atoms with Crippen LogP contribution in [0.15, 0.2) is 0 Å². The molecule has 1 rings (SSSR count). The molecular weight excluding hydrogens is 230 g/mol. The first kappa shape index (κ1) is 14.3. The van der Waals surface area contributed by atoms with Crippen molar-refractivity contribution in [2.24, 2.45) is 0 Å². The van der Waals surface area contributed by atoms with Crippen LogP contribution >= 0.6 is 0 Å². The zero-order valence-electron chi connectivity index (χ0n) is 10.3. The van der Waals surface area contributed by atoms with E-state index in [9.17, 15) is 13.6 Å². The number of carbonyl (C=O) groups is 1. The average Bonchev–Trinajstić information content (AvgIpc) is 2.24. The maximum Gasteiger partial charge on any atom is 0.261 e. The minimum atomic E-state index is -2.47. The fraction of sp³-hybridized carbons (Fsp3) is 0.909. The van der Waals surface area contributed by atoms with E-state index in [1.54, 1.807) is 0 Å². The standard InChI is InChI=1S/C11H20F2N2O2/c1-8-5-14-6-9(2)15(8)11(16)3-4-17-7-10(12)13/h8-10,14H,3-7H2,1-2H3. The normalized spacial score (nSPS) is 25.4. The Bertz CT molecular complexity index is 242. The smallest absolute Gasteiger partial charge is 0.261 e. The molecule has 0 bridgehead atoms. The predicted octanol–water partition coefficient (Wildman–Crippen LogP) is 0.867. The molecule has 6 heteroatoms. The van der Waals surface area contributed by atoms with Crippen LogP contribution in [0.1, 0.15) is 20.3 Å². The zero-order chi connectivity index (χ0) is 12.8. The van der Waals surface area contributed by atoms with E-state index in [1.807, 2.05) is 18.7 Å². The Kier molecular flexibility index (Phi) is 5.77. The highest BCUT2D eigenvalue weighted by atomic mass is 19.3. The van der Waals surface area contributed by atoms with Crippen LogP contribution in [0.5, 0.6) is 0 Å². The third kappa shape index (κ3) is 4.55. The number of carbonyl (C=O) groups excluding carboxylic acids is 1. The fourth-order valence-corrected chi connectivity index (χ4v) is 2.08. The van der Waals surface area contributed by atoms with E-state index in [0.717, 1.165) is 13.1 Å². The van der Waals surface area contributed by atoms with Gasteiger partial charge in [-0.05, 0) is 13.8 Å². The molecule has 0 aromatic carbocycles. The van der Waals surface area contributed by atoms with E-state index < -0.39 is 13.0 Å². The molecule has 0 aromatic heterocycles. The average molecular weight is 250 g/mol. The Hall–Kier alpha value is -0.750. The van der Waals surface area contributed by atoms with E-state index in [2.05, 4.69) is 5.32 Å². The molecule has 1 N–H and O–H groups in total.